The summed E-state index contributed by atoms with van der Waals surface area (Å²) in [6.07, 6.45) is 0. The maximum atomic E-state index is 7.76. The normalized spacial score (nSPS) is 12.1. The van der Waals surface area contributed by atoms with Gasteiger partial charge in [-0.1, -0.05) is 48.0 Å². The molecule has 0 fully saturated rings. The Labute approximate surface area is 118 Å². The van der Waals surface area contributed by atoms with Crippen LogP contribution in [0.5, 0.6) is 0 Å². The maximum absolute atomic E-state index is 7.76. The summed E-state index contributed by atoms with van der Waals surface area (Å²) >= 11 is 1.75. The van der Waals surface area contributed by atoms with E-state index in [-0.39, 0.29) is 11.8 Å². The summed E-state index contributed by atoms with van der Waals surface area (Å²) in [7, 11) is 0. The highest BCUT2D eigenvalue weighted by Gasteiger charge is 2.14. The van der Waals surface area contributed by atoms with Gasteiger partial charge in [0.05, 0.1) is 11.8 Å². The lowest BCUT2D eigenvalue weighted by Gasteiger charge is -2.15. The van der Waals surface area contributed by atoms with E-state index in [4.69, 9.17) is 11.1 Å². The third-order valence-corrected chi connectivity index (χ3v) is 4.07. The van der Waals surface area contributed by atoms with E-state index in [1.165, 1.54) is 10.5 Å². The molecule has 0 spiro atoms. The van der Waals surface area contributed by atoms with Crippen molar-refractivity contribution in [2.45, 2.75) is 17.7 Å². The van der Waals surface area contributed by atoms with E-state index in [9.17, 15) is 0 Å². The molecule has 0 amide bonds. The molecule has 1 atom stereocenters. The van der Waals surface area contributed by atoms with Gasteiger partial charge in [-0.15, -0.1) is 11.8 Å². The Bertz CT molecular complexity index is 552. The highest BCUT2D eigenvalue weighted by atomic mass is 32.2. The molecule has 0 heterocycles. The summed E-state index contributed by atoms with van der Waals surface area (Å²) in [5.74, 6) is 1.00. The Balaban J connectivity index is 2.08. The van der Waals surface area contributed by atoms with Crippen molar-refractivity contribution in [1.82, 2.24) is 0 Å². The third-order valence-electron chi connectivity index (χ3n) is 2.98. The summed E-state index contributed by atoms with van der Waals surface area (Å²) in [5, 5.41) is 7.76. The second kappa shape index (κ2) is 6.43. The van der Waals surface area contributed by atoms with E-state index in [1.807, 2.05) is 30.3 Å². The van der Waals surface area contributed by atoms with Crippen molar-refractivity contribution in [3.63, 3.8) is 0 Å². The van der Waals surface area contributed by atoms with Crippen LogP contribution in [-0.4, -0.2) is 11.6 Å². The average Bonchev–Trinajstić information content (AvgIpc) is 2.40. The number of rotatable bonds is 5. The van der Waals surface area contributed by atoms with Gasteiger partial charge in [-0.05, 0) is 24.6 Å². The molecule has 0 aliphatic carbocycles. The van der Waals surface area contributed by atoms with Crippen LogP contribution < -0.4 is 5.73 Å². The lowest BCUT2D eigenvalue weighted by Crippen LogP contribution is -2.22. The quantitative estimate of drug-likeness (QED) is 0.493. The summed E-state index contributed by atoms with van der Waals surface area (Å²) in [4.78, 5) is 1.22. The van der Waals surface area contributed by atoms with E-state index < -0.39 is 0 Å². The molecule has 0 bridgehead atoms. The number of nitrogens with one attached hydrogen (secondary N) is 1. The van der Waals surface area contributed by atoms with E-state index in [2.05, 4.69) is 31.2 Å². The molecule has 3 heteroatoms. The topological polar surface area (TPSA) is 49.9 Å². The van der Waals surface area contributed by atoms with Crippen LogP contribution in [0.1, 0.15) is 17.0 Å². The van der Waals surface area contributed by atoms with Crippen molar-refractivity contribution < 1.29 is 0 Å². The third kappa shape index (κ3) is 3.86. The van der Waals surface area contributed by atoms with Gasteiger partial charge in [-0.3, -0.25) is 5.41 Å². The summed E-state index contributed by atoms with van der Waals surface area (Å²) < 4.78 is 0. The molecule has 2 aromatic carbocycles. The molecule has 2 aromatic rings. The van der Waals surface area contributed by atoms with Gasteiger partial charge in [-0.25, -0.2) is 0 Å². The second-order valence-electron chi connectivity index (χ2n) is 4.55. The molecular formula is C16H18N2S. The van der Waals surface area contributed by atoms with Gasteiger partial charge < -0.3 is 5.73 Å². The van der Waals surface area contributed by atoms with E-state index in [0.29, 0.717) is 0 Å². The van der Waals surface area contributed by atoms with Gasteiger partial charge >= 0.3 is 0 Å². The van der Waals surface area contributed by atoms with Crippen molar-refractivity contribution in [3.05, 3.63) is 65.7 Å². The summed E-state index contributed by atoms with van der Waals surface area (Å²) in [6, 6.07) is 18.4. The number of aryl methyl sites for hydroxylation is 1. The molecule has 2 nitrogen and oxygen atoms in total. The number of benzene rings is 2. The highest BCUT2D eigenvalue weighted by molar-refractivity contribution is 7.99. The number of hydrogen-bond acceptors (Lipinski definition) is 2. The fourth-order valence-electron chi connectivity index (χ4n) is 1.94. The van der Waals surface area contributed by atoms with Crippen molar-refractivity contribution in [2.75, 3.05) is 5.75 Å². The van der Waals surface area contributed by atoms with Crippen LogP contribution in [0.15, 0.2) is 59.5 Å². The smallest absolute Gasteiger partial charge is 0.0990 e. The molecule has 2 rings (SSSR count). The molecule has 98 valence electrons. The van der Waals surface area contributed by atoms with Crippen LogP contribution in [0.2, 0.25) is 0 Å². The molecular weight excluding hydrogens is 252 g/mol. The minimum atomic E-state index is -0.0216. The van der Waals surface area contributed by atoms with Gasteiger partial charge in [0.15, 0.2) is 0 Å². The van der Waals surface area contributed by atoms with Gasteiger partial charge in [-0.2, -0.15) is 0 Å². The van der Waals surface area contributed by atoms with Crippen molar-refractivity contribution in [3.8, 4) is 0 Å². The molecule has 3 N–H and O–H groups in total. The number of amidine groups is 1. The largest absolute Gasteiger partial charge is 0.387 e. The number of nitrogens with two attached hydrogens (primary N) is 1. The van der Waals surface area contributed by atoms with Crippen LogP contribution in [0, 0.1) is 12.3 Å². The molecule has 0 saturated heterocycles. The molecule has 0 aromatic heterocycles. The molecule has 0 aliphatic rings. The first-order chi connectivity index (χ1) is 9.16. The first-order valence-corrected chi connectivity index (χ1v) is 7.23. The Morgan fingerprint density at radius 3 is 2.53 bits per heavy atom. The van der Waals surface area contributed by atoms with E-state index >= 15 is 0 Å². The predicted molar refractivity (Wildman–Crippen MR) is 83.0 cm³/mol. The lowest BCUT2D eigenvalue weighted by atomic mass is 10.0. The molecule has 0 saturated carbocycles. The number of thioether (sulfide) groups is 1. The van der Waals surface area contributed by atoms with Crippen molar-refractivity contribution >= 4 is 17.6 Å². The monoisotopic (exact) mass is 270 g/mol. The van der Waals surface area contributed by atoms with Gasteiger partial charge in [0.1, 0.15) is 0 Å². The Kier molecular flexibility index (Phi) is 4.63. The lowest BCUT2D eigenvalue weighted by molar-refractivity contribution is 1.01. The van der Waals surface area contributed by atoms with Gasteiger partial charge in [0.25, 0.3) is 0 Å². The average molecular weight is 270 g/mol. The predicted octanol–water partition coefficient (Wildman–Crippen LogP) is 3.81. The highest BCUT2D eigenvalue weighted by Crippen LogP contribution is 2.26. The Morgan fingerprint density at radius 2 is 1.89 bits per heavy atom. The molecule has 0 radical (unpaired) electrons. The maximum Gasteiger partial charge on any atom is 0.0990 e. The minimum Gasteiger partial charge on any atom is -0.387 e. The van der Waals surface area contributed by atoms with E-state index in [0.717, 1.165) is 11.3 Å². The first kappa shape index (κ1) is 13.7. The van der Waals surface area contributed by atoms with Crippen LogP contribution in [-0.2, 0) is 0 Å². The van der Waals surface area contributed by atoms with Crippen molar-refractivity contribution in [1.29, 1.82) is 5.41 Å². The first-order valence-electron chi connectivity index (χ1n) is 6.25. The Morgan fingerprint density at radius 1 is 1.16 bits per heavy atom. The zero-order valence-corrected chi connectivity index (χ0v) is 11.8. The molecule has 19 heavy (non-hydrogen) atoms. The molecule has 0 aliphatic heterocycles. The zero-order valence-electron chi connectivity index (χ0n) is 11.0. The van der Waals surface area contributed by atoms with Crippen LogP contribution in [0.4, 0.5) is 0 Å². The standard InChI is InChI=1S/C16H18N2S/c1-12-6-5-9-14(10-12)19-11-15(16(17)18)13-7-3-2-4-8-13/h2-10,15H,11H2,1H3,(H3,17,18). The second-order valence-corrected chi connectivity index (χ2v) is 5.64. The SMILES string of the molecule is Cc1cccc(SCC(C(=N)N)c2ccccc2)c1. The zero-order chi connectivity index (χ0) is 13.7. The van der Waals surface area contributed by atoms with Crippen LogP contribution in [0.3, 0.4) is 0 Å². The van der Waals surface area contributed by atoms with Crippen molar-refractivity contribution in [2.24, 2.45) is 5.73 Å². The Hall–Kier alpha value is -1.74. The van der Waals surface area contributed by atoms with Crippen LogP contribution in [0.25, 0.3) is 0 Å². The van der Waals surface area contributed by atoms with Gasteiger partial charge in [0.2, 0.25) is 0 Å². The van der Waals surface area contributed by atoms with Crippen LogP contribution >= 0.6 is 11.8 Å². The fraction of sp³-hybridized carbons (Fsp3) is 0.188. The summed E-state index contributed by atoms with van der Waals surface area (Å²) in [5.41, 5.74) is 8.09. The number of hydrogen-bond donors (Lipinski definition) is 2. The summed E-state index contributed by atoms with van der Waals surface area (Å²) in [6.45, 7) is 2.09. The van der Waals surface area contributed by atoms with E-state index in [1.54, 1.807) is 11.8 Å². The van der Waals surface area contributed by atoms with Gasteiger partial charge in [0, 0.05) is 10.6 Å². The minimum absolute atomic E-state index is 0.0216. The fourth-order valence-corrected chi connectivity index (χ4v) is 3.11. The molecule has 1 unspecified atom stereocenters.